The summed E-state index contributed by atoms with van der Waals surface area (Å²) < 4.78 is 10.5. The van der Waals surface area contributed by atoms with Crippen molar-refractivity contribution < 1.29 is 14.1 Å². The molecule has 3 aromatic rings. The van der Waals surface area contributed by atoms with Crippen molar-refractivity contribution in [3.63, 3.8) is 0 Å². The normalized spacial score (nSPS) is 10.6. The number of hydrogen-bond acceptors (Lipinski definition) is 4. The molecule has 0 fully saturated rings. The van der Waals surface area contributed by atoms with Crippen LogP contribution in [0.25, 0.3) is 22.2 Å². The van der Waals surface area contributed by atoms with Gasteiger partial charge in [0.15, 0.2) is 12.2 Å². The highest BCUT2D eigenvalue weighted by Crippen LogP contribution is 2.30. The topological polar surface area (TPSA) is 78.4 Å². The third kappa shape index (κ3) is 2.33. The first-order chi connectivity index (χ1) is 9.74. The highest BCUT2D eigenvalue weighted by atomic mass is 16.5. The van der Waals surface area contributed by atoms with Crippen LogP contribution in [0.4, 0.5) is 0 Å². The molecule has 20 heavy (non-hydrogen) atoms. The lowest BCUT2D eigenvalue weighted by atomic mass is 10.1. The summed E-state index contributed by atoms with van der Waals surface area (Å²) in [6.45, 7) is -0.162. The fraction of sp³-hybridized carbons (Fsp3) is 0.0667. The molecule has 0 spiro atoms. The van der Waals surface area contributed by atoms with Gasteiger partial charge in [-0.15, -0.1) is 0 Å². The molecule has 1 heterocycles. The van der Waals surface area contributed by atoms with E-state index in [9.17, 15) is 4.79 Å². The van der Waals surface area contributed by atoms with E-state index in [1.54, 1.807) is 12.1 Å². The number of benzene rings is 2. The Morgan fingerprint density at radius 2 is 2.00 bits per heavy atom. The van der Waals surface area contributed by atoms with Gasteiger partial charge in [-0.3, -0.25) is 4.79 Å². The van der Waals surface area contributed by atoms with Gasteiger partial charge in [0.1, 0.15) is 11.4 Å². The minimum absolute atomic E-state index is 0.162. The van der Waals surface area contributed by atoms with Crippen molar-refractivity contribution in [3.05, 3.63) is 48.5 Å². The largest absolute Gasteiger partial charge is 0.484 e. The molecule has 2 N–H and O–H groups in total. The van der Waals surface area contributed by atoms with Crippen LogP contribution in [0.1, 0.15) is 0 Å². The van der Waals surface area contributed by atoms with Gasteiger partial charge in [-0.1, -0.05) is 35.5 Å². The summed E-state index contributed by atoms with van der Waals surface area (Å²) in [6, 6.07) is 15.1. The number of hydrogen-bond donors (Lipinski definition) is 1. The number of amides is 1. The van der Waals surface area contributed by atoms with Gasteiger partial charge in [0.25, 0.3) is 5.91 Å². The number of aromatic nitrogens is 1. The molecule has 0 radical (unpaired) electrons. The summed E-state index contributed by atoms with van der Waals surface area (Å²) >= 11 is 0. The number of ether oxygens (including phenoxy) is 1. The van der Waals surface area contributed by atoms with Crippen molar-refractivity contribution in [2.24, 2.45) is 5.73 Å². The van der Waals surface area contributed by atoms with Gasteiger partial charge in [-0.05, 0) is 12.1 Å². The van der Waals surface area contributed by atoms with Crippen LogP contribution in [0.3, 0.4) is 0 Å². The molecule has 3 rings (SSSR count). The van der Waals surface area contributed by atoms with E-state index in [2.05, 4.69) is 5.16 Å². The van der Waals surface area contributed by atoms with E-state index in [-0.39, 0.29) is 6.61 Å². The predicted molar refractivity (Wildman–Crippen MR) is 74.1 cm³/mol. The number of nitrogens with zero attached hydrogens (tertiary/aromatic N) is 1. The zero-order valence-corrected chi connectivity index (χ0v) is 10.6. The molecule has 0 aliphatic carbocycles. The van der Waals surface area contributed by atoms with Crippen LogP contribution in [0.15, 0.2) is 53.1 Å². The average molecular weight is 268 g/mol. The van der Waals surface area contributed by atoms with Gasteiger partial charge >= 0.3 is 0 Å². The lowest BCUT2D eigenvalue weighted by Gasteiger charge is -2.02. The maximum absolute atomic E-state index is 10.7. The van der Waals surface area contributed by atoms with Crippen molar-refractivity contribution in [2.75, 3.05) is 6.61 Å². The second-order valence-electron chi connectivity index (χ2n) is 4.31. The molecular formula is C15H12N2O3. The van der Waals surface area contributed by atoms with Crippen LogP contribution in [0, 0.1) is 0 Å². The molecule has 1 aromatic heterocycles. The maximum Gasteiger partial charge on any atom is 0.255 e. The Morgan fingerprint density at radius 3 is 2.75 bits per heavy atom. The summed E-state index contributed by atoms with van der Waals surface area (Å²) in [5, 5.41) is 4.97. The minimum Gasteiger partial charge on any atom is -0.484 e. The first-order valence-corrected chi connectivity index (χ1v) is 6.10. The SMILES string of the molecule is NC(=O)COc1ccc2c(-c3ccccc3)noc2c1. The van der Waals surface area contributed by atoms with Gasteiger partial charge in [0.05, 0.1) is 0 Å². The number of primary amides is 1. The van der Waals surface area contributed by atoms with Crippen molar-refractivity contribution in [2.45, 2.75) is 0 Å². The molecule has 0 bridgehead atoms. The van der Waals surface area contributed by atoms with E-state index >= 15 is 0 Å². The van der Waals surface area contributed by atoms with E-state index in [1.165, 1.54) is 0 Å². The molecule has 5 nitrogen and oxygen atoms in total. The summed E-state index contributed by atoms with van der Waals surface area (Å²) in [5.74, 6) is -0.000275. The van der Waals surface area contributed by atoms with Crippen LogP contribution in [-0.4, -0.2) is 17.7 Å². The zero-order chi connectivity index (χ0) is 13.9. The number of nitrogens with two attached hydrogens (primary N) is 1. The Balaban J connectivity index is 1.96. The Hall–Kier alpha value is -2.82. The predicted octanol–water partition coefficient (Wildman–Crippen LogP) is 2.36. The minimum atomic E-state index is -0.521. The Bertz CT molecular complexity index is 750. The molecule has 0 saturated carbocycles. The molecule has 0 aliphatic rings. The Morgan fingerprint density at radius 1 is 1.20 bits per heavy atom. The van der Waals surface area contributed by atoms with Crippen LogP contribution in [-0.2, 0) is 4.79 Å². The highest BCUT2D eigenvalue weighted by Gasteiger charge is 2.11. The number of carbonyl (C=O) groups is 1. The first-order valence-electron chi connectivity index (χ1n) is 6.10. The quantitative estimate of drug-likeness (QED) is 0.787. The molecular weight excluding hydrogens is 256 g/mol. The Labute approximate surface area is 114 Å². The first kappa shape index (κ1) is 12.2. The molecule has 1 amide bonds. The second kappa shape index (κ2) is 5.05. The average Bonchev–Trinajstić information content (AvgIpc) is 2.89. The van der Waals surface area contributed by atoms with Crippen molar-refractivity contribution in [1.82, 2.24) is 5.16 Å². The van der Waals surface area contributed by atoms with Gasteiger partial charge in [-0.2, -0.15) is 0 Å². The van der Waals surface area contributed by atoms with Gasteiger partial charge in [-0.25, -0.2) is 0 Å². The lowest BCUT2D eigenvalue weighted by molar-refractivity contribution is -0.119. The fourth-order valence-corrected chi connectivity index (χ4v) is 1.97. The third-order valence-electron chi connectivity index (χ3n) is 2.87. The number of carbonyl (C=O) groups excluding carboxylic acids is 1. The molecule has 0 atom stereocenters. The number of fused-ring (bicyclic) bond motifs is 1. The van der Waals surface area contributed by atoms with Crippen LogP contribution < -0.4 is 10.5 Å². The van der Waals surface area contributed by atoms with Gasteiger partial charge in [0.2, 0.25) is 0 Å². The molecule has 2 aromatic carbocycles. The smallest absolute Gasteiger partial charge is 0.255 e. The summed E-state index contributed by atoms with van der Waals surface area (Å²) in [5.41, 5.74) is 7.40. The van der Waals surface area contributed by atoms with Crippen LogP contribution in [0.5, 0.6) is 5.75 Å². The lowest BCUT2D eigenvalue weighted by Crippen LogP contribution is -2.19. The molecule has 0 aliphatic heterocycles. The molecule has 0 unspecified atom stereocenters. The van der Waals surface area contributed by atoms with E-state index < -0.39 is 5.91 Å². The molecule has 100 valence electrons. The Kier molecular flexibility index (Phi) is 3.09. The van der Waals surface area contributed by atoms with Crippen LogP contribution in [0.2, 0.25) is 0 Å². The summed E-state index contributed by atoms with van der Waals surface area (Å²) in [4.78, 5) is 10.7. The third-order valence-corrected chi connectivity index (χ3v) is 2.87. The fourth-order valence-electron chi connectivity index (χ4n) is 1.97. The van der Waals surface area contributed by atoms with Crippen molar-refractivity contribution in [3.8, 4) is 17.0 Å². The highest BCUT2D eigenvalue weighted by molar-refractivity contribution is 5.92. The number of rotatable bonds is 4. The molecule has 0 saturated heterocycles. The zero-order valence-electron chi connectivity index (χ0n) is 10.6. The summed E-state index contributed by atoms with van der Waals surface area (Å²) in [7, 11) is 0. The van der Waals surface area contributed by atoms with E-state index in [4.69, 9.17) is 15.0 Å². The van der Waals surface area contributed by atoms with Gasteiger partial charge in [0, 0.05) is 17.0 Å². The van der Waals surface area contributed by atoms with E-state index in [1.807, 2.05) is 36.4 Å². The molecule has 5 heteroatoms. The van der Waals surface area contributed by atoms with E-state index in [0.29, 0.717) is 11.3 Å². The van der Waals surface area contributed by atoms with Gasteiger partial charge < -0.3 is 15.0 Å². The van der Waals surface area contributed by atoms with Crippen molar-refractivity contribution >= 4 is 16.9 Å². The standard InChI is InChI=1S/C15H12N2O3/c16-14(18)9-19-11-6-7-12-13(8-11)20-17-15(12)10-4-2-1-3-5-10/h1-8H,9H2,(H2,16,18). The monoisotopic (exact) mass is 268 g/mol. The van der Waals surface area contributed by atoms with Crippen LogP contribution >= 0.6 is 0 Å². The second-order valence-corrected chi connectivity index (χ2v) is 4.31. The van der Waals surface area contributed by atoms with E-state index in [0.717, 1.165) is 16.6 Å². The van der Waals surface area contributed by atoms with Crippen molar-refractivity contribution in [1.29, 1.82) is 0 Å². The maximum atomic E-state index is 10.7. The summed E-state index contributed by atoms with van der Waals surface area (Å²) in [6.07, 6.45) is 0.